The lowest BCUT2D eigenvalue weighted by Crippen LogP contribution is -1.85. The molecule has 0 aliphatic carbocycles. The predicted molar refractivity (Wildman–Crippen MR) is 180 cm³/mol. The molecule has 8 aromatic carbocycles. The summed E-state index contributed by atoms with van der Waals surface area (Å²) < 4.78 is 2.69. The van der Waals surface area contributed by atoms with Gasteiger partial charge in [-0.25, -0.2) is 0 Å². The average Bonchev–Trinajstić information content (AvgIpc) is 3.40. The summed E-state index contributed by atoms with van der Waals surface area (Å²) in [6.07, 6.45) is 0. The molecule has 41 heavy (non-hydrogen) atoms. The van der Waals surface area contributed by atoms with E-state index in [1.54, 1.807) is 0 Å². The highest BCUT2D eigenvalue weighted by atomic mass is 32.1. The fourth-order valence-corrected chi connectivity index (χ4v) is 7.70. The van der Waals surface area contributed by atoms with E-state index in [4.69, 9.17) is 0 Å². The van der Waals surface area contributed by atoms with E-state index in [1.807, 2.05) is 11.3 Å². The summed E-state index contributed by atoms with van der Waals surface area (Å²) in [4.78, 5) is 0. The molecule has 0 saturated heterocycles. The Morgan fingerprint density at radius 2 is 0.707 bits per heavy atom. The summed E-state index contributed by atoms with van der Waals surface area (Å²) in [6.45, 7) is 0. The molecule has 9 aromatic rings. The summed E-state index contributed by atoms with van der Waals surface area (Å²) in [5, 5.41) is 13.2. The average molecular weight is 537 g/mol. The van der Waals surface area contributed by atoms with E-state index in [0.717, 1.165) is 0 Å². The molecule has 0 amide bonds. The molecule has 0 bridgehead atoms. The van der Waals surface area contributed by atoms with Crippen molar-refractivity contribution >= 4 is 74.6 Å². The van der Waals surface area contributed by atoms with Crippen LogP contribution < -0.4 is 0 Å². The van der Waals surface area contributed by atoms with Crippen LogP contribution in [0.3, 0.4) is 0 Å². The highest BCUT2D eigenvalue weighted by Gasteiger charge is 2.11. The van der Waals surface area contributed by atoms with Crippen LogP contribution in [0.2, 0.25) is 0 Å². The van der Waals surface area contributed by atoms with Crippen LogP contribution in [0.25, 0.3) is 85.5 Å². The number of rotatable bonds is 2. The molecule has 0 nitrogen and oxygen atoms in total. The topological polar surface area (TPSA) is 0 Å². The quantitative estimate of drug-likeness (QED) is 0.193. The Kier molecular flexibility index (Phi) is 4.87. The molecule has 0 unspecified atom stereocenters. The van der Waals surface area contributed by atoms with Gasteiger partial charge in [0, 0.05) is 20.2 Å². The van der Waals surface area contributed by atoms with Gasteiger partial charge in [-0.05, 0) is 95.7 Å². The highest BCUT2D eigenvalue weighted by Crippen LogP contribution is 2.40. The van der Waals surface area contributed by atoms with E-state index in [2.05, 4.69) is 146 Å². The second kappa shape index (κ2) is 8.76. The van der Waals surface area contributed by atoms with Crippen molar-refractivity contribution in [3.8, 4) is 22.3 Å². The number of fused-ring (bicyclic) bond motifs is 10. The van der Waals surface area contributed by atoms with Gasteiger partial charge in [-0.3, -0.25) is 0 Å². The zero-order valence-electron chi connectivity index (χ0n) is 22.3. The van der Waals surface area contributed by atoms with Gasteiger partial charge in [-0.15, -0.1) is 11.3 Å². The first-order valence-corrected chi connectivity index (χ1v) is 14.9. The van der Waals surface area contributed by atoms with E-state index in [9.17, 15) is 0 Å². The number of hydrogen-bond donors (Lipinski definition) is 0. The lowest BCUT2D eigenvalue weighted by atomic mass is 9.92. The minimum absolute atomic E-state index is 1.24. The lowest BCUT2D eigenvalue weighted by molar-refractivity contribution is 1.62. The number of thiophene rings is 1. The monoisotopic (exact) mass is 536 g/mol. The molecule has 190 valence electrons. The SMILES string of the molecule is c1ccc2cc3c(cc2c1)sc1ccc(-c2ccc(-c4ccc5c6ccccc6c6ccccc6c5c4)cc2)cc13. The van der Waals surface area contributed by atoms with Crippen molar-refractivity contribution in [2.24, 2.45) is 0 Å². The third-order valence-electron chi connectivity index (χ3n) is 8.63. The van der Waals surface area contributed by atoms with Crippen LogP contribution in [0.15, 0.2) is 146 Å². The minimum atomic E-state index is 1.24. The molecule has 1 heterocycles. The zero-order chi connectivity index (χ0) is 26.9. The van der Waals surface area contributed by atoms with Crippen LogP contribution in [0.4, 0.5) is 0 Å². The maximum Gasteiger partial charge on any atom is 0.0361 e. The van der Waals surface area contributed by atoms with Crippen LogP contribution in [0.5, 0.6) is 0 Å². The first kappa shape index (κ1) is 22.8. The molecule has 0 fully saturated rings. The Bertz CT molecular complexity index is 2420. The van der Waals surface area contributed by atoms with Gasteiger partial charge in [-0.2, -0.15) is 0 Å². The fraction of sp³-hybridized carbons (Fsp3) is 0. The summed E-state index contributed by atoms with van der Waals surface area (Å²) >= 11 is 1.88. The summed E-state index contributed by atoms with van der Waals surface area (Å²) in [5.74, 6) is 0. The van der Waals surface area contributed by atoms with Gasteiger partial charge >= 0.3 is 0 Å². The summed E-state index contributed by atoms with van der Waals surface area (Å²) in [7, 11) is 0. The molecule has 0 N–H and O–H groups in total. The minimum Gasteiger partial charge on any atom is -0.135 e. The van der Waals surface area contributed by atoms with Gasteiger partial charge in [0.15, 0.2) is 0 Å². The maximum absolute atomic E-state index is 2.37. The second-order valence-corrected chi connectivity index (χ2v) is 12.0. The smallest absolute Gasteiger partial charge is 0.0361 e. The predicted octanol–water partition coefficient (Wildman–Crippen LogP) is 12.0. The molecule has 0 saturated carbocycles. The van der Waals surface area contributed by atoms with Crippen LogP contribution in [-0.4, -0.2) is 0 Å². The first-order valence-electron chi connectivity index (χ1n) is 14.1. The van der Waals surface area contributed by atoms with Crippen molar-refractivity contribution in [2.45, 2.75) is 0 Å². The van der Waals surface area contributed by atoms with Crippen molar-refractivity contribution in [3.63, 3.8) is 0 Å². The van der Waals surface area contributed by atoms with Crippen molar-refractivity contribution < 1.29 is 0 Å². The molecular formula is C40H24S. The van der Waals surface area contributed by atoms with Crippen LogP contribution >= 0.6 is 11.3 Å². The zero-order valence-corrected chi connectivity index (χ0v) is 23.1. The molecule has 0 aliphatic rings. The van der Waals surface area contributed by atoms with Gasteiger partial charge in [-0.1, -0.05) is 115 Å². The normalized spacial score (nSPS) is 11.9. The van der Waals surface area contributed by atoms with Crippen LogP contribution in [-0.2, 0) is 0 Å². The van der Waals surface area contributed by atoms with Gasteiger partial charge < -0.3 is 0 Å². The highest BCUT2D eigenvalue weighted by molar-refractivity contribution is 7.25. The molecule has 0 radical (unpaired) electrons. The van der Waals surface area contributed by atoms with E-state index >= 15 is 0 Å². The Morgan fingerprint density at radius 3 is 1.34 bits per heavy atom. The lowest BCUT2D eigenvalue weighted by Gasteiger charge is -2.12. The van der Waals surface area contributed by atoms with Crippen molar-refractivity contribution in [1.29, 1.82) is 0 Å². The molecule has 0 atom stereocenters. The summed E-state index contributed by atoms with van der Waals surface area (Å²) in [5.41, 5.74) is 4.98. The van der Waals surface area contributed by atoms with Crippen molar-refractivity contribution in [1.82, 2.24) is 0 Å². The third-order valence-corrected chi connectivity index (χ3v) is 9.77. The van der Waals surface area contributed by atoms with E-state index in [0.29, 0.717) is 0 Å². The van der Waals surface area contributed by atoms with Crippen molar-refractivity contribution in [3.05, 3.63) is 146 Å². The van der Waals surface area contributed by atoms with Gasteiger partial charge in [0.05, 0.1) is 0 Å². The van der Waals surface area contributed by atoms with E-state index < -0.39 is 0 Å². The second-order valence-electron chi connectivity index (χ2n) is 10.9. The summed E-state index contributed by atoms with van der Waals surface area (Å²) in [6, 6.07) is 53.8. The molecule has 1 heteroatoms. The standard InChI is InChI=1S/C40H24S/c1-2-8-28-24-40-38(22-27(28)7-1)37-23-30(18-20-39(37)41-40)26-15-13-25(14-16-26)29-17-19-35-33-11-4-3-9-31(33)32-10-5-6-12-34(32)36(35)21-29/h1-24H. The van der Waals surface area contributed by atoms with Crippen LogP contribution in [0.1, 0.15) is 0 Å². The molecule has 9 rings (SSSR count). The van der Waals surface area contributed by atoms with Gasteiger partial charge in [0.1, 0.15) is 0 Å². The van der Waals surface area contributed by atoms with Crippen molar-refractivity contribution in [2.75, 3.05) is 0 Å². The largest absolute Gasteiger partial charge is 0.135 e. The number of hydrogen-bond acceptors (Lipinski definition) is 1. The Hall–Kier alpha value is -4.98. The Morgan fingerprint density at radius 1 is 0.268 bits per heavy atom. The Balaban J connectivity index is 1.15. The Labute approximate surface area is 241 Å². The number of benzene rings is 8. The molecule has 0 spiro atoms. The van der Waals surface area contributed by atoms with Gasteiger partial charge in [0.2, 0.25) is 0 Å². The fourth-order valence-electron chi connectivity index (χ4n) is 6.58. The van der Waals surface area contributed by atoms with Crippen LogP contribution in [0, 0.1) is 0 Å². The molecule has 0 aliphatic heterocycles. The van der Waals surface area contributed by atoms with Gasteiger partial charge in [0.25, 0.3) is 0 Å². The molecule has 1 aromatic heterocycles. The third kappa shape index (κ3) is 3.53. The maximum atomic E-state index is 2.37. The first-order chi connectivity index (χ1) is 20.3. The van der Waals surface area contributed by atoms with E-state index in [-0.39, 0.29) is 0 Å². The molecular weight excluding hydrogens is 513 g/mol. The van der Waals surface area contributed by atoms with E-state index in [1.165, 1.54) is 85.5 Å².